The number of rotatable bonds is 4. The molecule has 0 aromatic rings. The third kappa shape index (κ3) is 1.98. The molecular weight excluding hydrogens is 172 g/mol. The topological polar surface area (TPSA) is 20.2 Å². The fraction of sp³-hybridized carbons (Fsp3) is 1.00. The van der Waals surface area contributed by atoms with Gasteiger partial charge < -0.3 is 5.11 Å². The molecule has 2 atom stereocenters. The van der Waals surface area contributed by atoms with Gasteiger partial charge in [0.15, 0.2) is 0 Å². The van der Waals surface area contributed by atoms with E-state index in [2.05, 4.69) is 6.92 Å². The minimum absolute atomic E-state index is 0.429. The lowest BCUT2D eigenvalue weighted by atomic mass is 9.70. The summed E-state index contributed by atoms with van der Waals surface area (Å²) >= 11 is 0. The Bertz CT molecular complexity index is 184. The van der Waals surface area contributed by atoms with E-state index >= 15 is 0 Å². The Morgan fingerprint density at radius 1 is 1.29 bits per heavy atom. The molecule has 1 spiro atoms. The standard InChI is InChI=1S/C13H24O/c1-2-3-4-12-9-11(10-14)5-6-13(12)7-8-13/h11-12,14H,2-10H2,1H3/t11-,12?/m1/s1. The van der Waals surface area contributed by atoms with Crippen LogP contribution in [0.2, 0.25) is 0 Å². The highest BCUT2D eigenvalue weighted by atomic mass is 16.3. The summed E-state index contributed by atoms with van der Waals surface area (Å²) in [5, 5.41) is 9.22. The van der Waals surface area contributed by atoms with E-state index in [1.54, 1.807) is 0 Å². The number of aliphatic hydroxyl groups excluding tert-OH is 1. The first-order valence-electron chi connectivity index (χ1n) is 6.41. The molecule has 0 amide bonds. The molecule has 2 aliphatic carbocycles. The molecule has 2 rings (SSSR count). The van der Waals surface area contributed by atoms with Gasteiger partial charge in [0.1, 0.15) is 0 Å². The van der Waals surface area contributed by atoms with E-state index in [0.717, 1.165) is 11.3 Å². The molecule has 1 N–H and O–H groups in total. The summed E-state index contributed by atoms with van der Waals surface area (Å²) in [6.45, 7) is 2.71. The molecule has 0 heterocycles. The van der Waals surface area contributed by atoms with Crippen LogP contribution < -0.4 is 0 Å². The lowest BCUT2D eigenvalue weighted by Gasteiger charge is -2.36. The fourth-order valence-corrected chi connectivity index (χ4v) is 3.33. The van der Waals surface area contributed by atoms with Crippen LogP contribution in [0.25, 0.3) is 0 Å². The Labute approximate surface area is 87.9 Å². The van der Waals surface area contributed by atoms with Crippen molar-refractivity contribution in [3.05, 3.63) is 0 Å². The minimum Gasteiger partial charge on any atom is -0.396 e. The van der Waals surface area contributed by atoms with Crippen LogP contribution in [0.15, 0.2) is 0 Å². The van der Waals surface area contributed by atoms with Crippen LogP contribution in [0, 0.1) is 17.3 Å². The summed E-state index contributed by atoms with van der Waals surface area (Å²) in [5.41, 5.74) is 0.765. The zero-order chi connectivity index (χ0) is 10.0. The highest BCUT2D eigenvalue weighted by Crippen LogP contribution is 2.61. The molecule has 0 saturated heterocycles. The Kier molecular flexibility index (Phi) is 3.16. The van der Waals surface area contributed by atoms with E-state index in [-0.39, 0.29) is 0 Å². The van der Waals surface area contributed by atoms with Gasteiger partial charge in [-0.05, 0) is 55.8 Å². The van der Waals surface area contributed by atoms with Crippen LogP contribution in [0.5, 0.6) is 0 Å². The van der Waals surface area contributed by atoms with Crippen molar-refractivity contribution in [2.45, 2.75) is 58.3 Å². The average Bonchev–Trinajstić information content (AvgIpc) is 2.98. The van der Waals surface area contributed by atoms with E-state index in [4.69, 9.17) is 0 Å². The monoisotopic (exact) mass is 196 g/mol. The number of unbranched alkanes of at least 4 members (excludes halogenated alkanes) is 1. The highest BCUT2D eigenvalue weighted by molar-refractivity contribution is 5.01. The van der Waals surface area contributed by atoms with Crippen molar-refractivity contribution in [2.75, 3.05) is 6.61 Å². The zero-order valence-electron chi connectivity index (χ0n) is 9.47. The molecule has 0 aromatic carbocycles. The lowest BCUT2D eigenvalue weighted by Crippen LogP contribution is -2.27. The maximum atomic E-state index is 9.22. The maximum absolute atomic E-state index is 9.22. The van der Waals surface area contributed by atoms with Crippen LogP contribution >= 0.6 is 0 Å². The second-order valence-electron chi connectivity index (χ2n) is 5.52. The van der Waals surface area contributed by atoms with Gasteiger partial charge in [-0.1, -0.05) is 19.8 Å². The molecule has 1 nitrogen and oxygen atoms in total. The van der Waals surface area contributed by atoms with Crippen molar-refractivity contribution in [1.29, 1.82) is 0 Å². The first kappa shape index (κ1) is 10.5. The molecule has 2 aliphatic rings. The van der Waals surface area contributed by atoms with E-state index in [1.165, 1.54) is 51.4 Å². The van der Waals surface area contributed by atoms with E-state index in [9.17, 15) is 5.11 Å². The smallest absolute Gasteiger partial charge is 0.0459 e. The van der Waals surface area contributed by atoms with Crippen molar-refractivity contribution in [2.24, 2.45) is 17.3 Å². The first-order chi connectivity index (χ1) is 6.80. The van der Waals surface area contributed by atoms with Gasteiger partial charge in [-0.15, -0.1) is 0 Å². The second-order valence-corrected chi connectivity index (χ2v) is 5.52. The molecule has 0 bridgehead atoms. The Balaban J connectivity index is 1.88. The molecule has 1 unspecified atom stereocenters. The van der Waals surface area contributed by atoms with Crippen molar-refractivity contribution in [3.63, 3.8) is 0 Å². The maximum Gasteiger partial charge on any atom is 0.0459 e. The average molecular weight is 196 g/mol. The van der Waals surface area contributed by atoms with Crippen LogP contribution in [0.3, 0.4) is 0 Å². The normalized spacial score (nSPS) is 34.7. The predicted octanol–water partition coefficient (Wildman–Crippen LogP) is 3.37. The minimum atomic E-state index is 0.429. The number of aliphatic hydroxyl groups is 1. The lowest BCUT2D eigenvalue weighted by molar-refractivity contribution is 0.101. The van der Waals surface area contributed by atoms with Crippen molar-refractivity contribution in [3.8, 4) is 0 Å². The molecule has 82 valence electrons. The summed E-state index contributed by atoms with van der Waals surface area (Å²) in [5.74, 6) is 1.58. The van der Waals surface area contributed by atoms with Gasteiger partial charge in [0.25, 0.3) is 0 Å². The van der Waals surface area contributed by atoms with E-state index in [0.29, 0.717) is 12.5 Å². The van der Waals surface area contributed by atoms with Crippen LogP contribution in [0.1, 0.15) is 58.3 Å². The molecule has 2 saturated carbocycles. The zero-order valence-corrected chi connectivity index (χ0v) is 9.47. The molecular formula is C13H24O. The summed E-state index contributed by atoms with van der Waals surface area (Å²) in [7, 11) is 0. The first-order valence-corrected chi connectivity index (χ1v) is 6.41. The molecule has 1 heteroatoms. The van der Waals surface area contributed by atoms with Gasteiger partial charge in [0.2, 0.25) is 0 Å². The largest absolute Gasteiger partial charge is 0.396 e. The molecule has 14 heavy (non-hydrogen) atoms. The number of hydrogen-bond donors (Lipinski definition) is 1. The van der Waals surface area contributed by atoms with Gasteiger partial charge >= 0.3 is 0 Å². The Morgan fingerprint density at radius 3 is 2.64 bits per heavy atom. The third-order valence-electron chi connectivity index (χ3n) is 4.59. The molecule has 2 fully saturated rings. The van der Waals surface area contributed by atoms with Gasteiger partial charge in [-0.25, -0.2) is 0 Å². The van der Waals surface area contributed by atoms with Crippen LogP contribution in [0.4, 0.5) is 0 Å². The van der Waals surface area contributed by atoms with E-state index in [1.807, 2.05) is 0 Å². The Morgan fingerprint density at radius 2 is 2.07 bits per heavy atom. The molecule has 0 aliphatic heterocycles. The van der Waals surface area contributed by atoms with Gasteiger partial charge in [-0.3, -0.25) is 0 Å². The van der Waals surface area contributed by atoms with E-state index < -0.39 is 0 Å². The molecule has 0 aromatic heterocycles. The predicted molar refractivity (Wildman–Crippen MR) is 59.1 cm³/mol. The fourth-order valence-electron chi connectivity index (χ4n) is 3.33. The van der Waals surface area contributed by atoms with Crippen molar-refractivity contribution < 1.29 is 5.11 Å². The van der Waals surface area contributed by atoms with Crippen LogP contribution in [-0.4, -0.2) is 11.7 Å². The SMILES string of the molecule is CCCCC1C[C@H](CO)CCC12CC2. The van der Waals surface area contributed by atoms with Gasteiger partial charge in [0.05, 0.1) is 0 Å². The quantitative estimate of drug-likeness (QED) is 0.731. The Hall–Kier alpha value is -0.0400. The summed E-state index contributed by atoms with van der Waals surface area (Å²) in [6.07, 6.45) is 11.1. The summed E-state index contributed by atoms with van der Waals surface area (Å²) in [4.78, 5) is 0. The molecule has 0 radical (unpaired) electrons. The summed E-state index contributed by atoms with van der Waals surface area (Å²) in [6, 6.07) is 0. The van der Waals surface area contributed by atoms with Gasteiger partial charge in [0, 0.05) is 6.61 Å². The highest BCUT2D eigenvalue weighted by Gasteiger charge is 2.50. The summed E-state index contributed by atoms with van der Waals surface area (Å²) < 4.78 is 0. The van der Waals surface area contributed by atoms with Crippen molar-refractivity contribution >= 4 is 0 Å². The van der Waals surface area contributed by atoms with Gasteiger partial charge in [-0.2, -0.15) is 0 Å². The van der Waals surface area contributed by atoms with Crippen LogP contribution in [-0.2, 0) is 0 Å². The number of hydrogen-bond acceptors (Lipinski definition) is 1. The second kappa shape index (κ2) is 4.22. The third-order valence-corrected chi connectivity index (χ3v) is 4.59. The van der Waals surface area contributed by atoms with Crippen molar-refractivity contribution in [1.82, 2.24) is 0 Å².